The van der Waals surface area contributed by atoms with Crippen LogP contribution in [0, 0.1) is 6.92 Å². The van der Waals surface area contributed by atoms with E-state index in [1.54, 1.807) is 0 Å². The molecule has 0 saturated carbocycles. The molecule has 0 nitrogen and oxygen atoms in total. The van der Waals surface area contributed by atoms with E-state index in [0.29, 0.717) is 0 Å². The predicted molar refractivity (Wildman–Crippen MR) is 57.2 cm³/mol. The molecule has 0 aliphatic heterocycles. The van der Waals surface area contributed by atoms with Crippen LogP contribution in [0.5, 0.6) is 0 Å². The van der Waals surface area contributed by atoms with Gasteiger partial charge in [0, 0.05) is 21.1 Å². The Morgan fingerprint density at radius 3 is 1.46 bits per heavy atom. The second-order valence-corrected chi connectivity index (χ2v) is 3.68. The number of hydrogen-bond donors (Lipinski definition) is 0. The van der Waals surface area contributed by atoms with E-state index in [-0.39, 0.29) is 21.1 Å². The molecule has 0 aromatic carbocycles. The molecule has 0 aliphatic carbocycles. The van der Waals surface area contributed by atoms with Gasteiger partial charge in [0.2, 0.25) is 0 Å². The van der Waals surface area contributed by atoms with Crippen molar-refractivity contribution in [1.82, 2.24) is 0 Å². The molecule has 1 radical (unpaired) electrons. The molecule has 0 saturated heterocycles. The maximum absolute atomic E-state index is 3.84. The van der Waals surface area contributed by atoms with E-state index in [0.717, 1.165) is 6.42 Å². The summed E-state index contributed by atoms with van der Waals surface area (Å²) in [5.41, 5.74) is 0. The summed E-state index contributed by atoms with van der Waals surface area (Å²) in [6, 6.07) is 0. The van der Waals surface area contributed by atoms with Crippen molar-refractivity contribution in [3.8, 4) is 0 Å². The molecule has 0 spiro atoms. The van der Waals surface area contributed by atoms with Gasteiger partial charge in [-0.25, -0.2) is 0 Å². The van der Waals surface area contributed by atoms with Crippen molar-refractivity contribution in [3.05, 3.63) is 6.92 Å². The fourth-order valence-corrected chi connectivity index (χ4v) is 1.49. The molecule has 13 heavy (non-hydrogen) atoms. The zero-order valence-electron chi connectivity index (χ0n) is 9.09. The minimum absolute atomic E-state index is 0. The number of rotatable bonds is 9. The molecule has 1 heteroatoms. The summed E-state index contributed by atoms with van der Waals surface area (Å²) in [5.74, 6) is 0. The van der Waals surface area contributed by atoms with Crippen LogP contribution in [-0.2, 0) is 21.1 Å². The van der Waals surface area contributed by atoms with Gasteiger partial charge in [0.15, 0.2) is 0 Å². The molecule has 0 N–H and O–H groups in total. The number of unbranched alkanes of at least 4 members (excludes halogenated alkanes) is 9. The Bertz CT molecular complexity index is 61.5. The van der Waals surface area contributed by atoms with Gasteiger partial charge in [0.25, 0.3) is 0 Å². The van der Waals surface area contributed by atoms with E-state index in [2.05, 4.69) is 13.8 Å². The Labute approximate surface area is 99.1 Å². The zero-order chi connectivity index (χ0) is 9.07. The molecule has 0 atom stereocenters. The quantitative estimate of drug-likeness (QED) is 0.519. The van der Waals surface area contributed by atoms with E-state index in [4.69, 9.17) is 0 Å². The maximum atomic E-state index is 3.84. The van der Waals surface area contributed by atoms with Gasteiger partial charge in [-0.05, 0) is 0 Å². The second-order valence-electron chi connectivity index (χ2n) is 3.68. The first-order valence-electron chi connectivity index (χ1n) is 5.71. The Balaban J connectivity index is 0. The summed E-state index contributed by atoms with van der Waals surface area (Å²) in [5, 5.41) is 0. The molecular weight excluding hydrogens is 339 g/mol. The van der Waals surface area contributed by atoms with Crippen LogP contribution in [0.1, 0.15) is 71.1 Å². The summed E-state index contributed by atoms with van der Waals surface area (Å²) in [6.45, 7) is 6.12. The summed E-state index contributed by atoms with van der Waals surface area (Å²) in [6.07, 6.45) is 13.9. The molecule has 0 aromatic rings. The predicted octanol–water partition coefficient (Wildman–Crippen LogP) is 4.74. The van der Waals surface area contributed by atoms with Crippen molar-refractivity contribution in [1.29, 1.82) is 0 Å². The first kappa shape index (κ1) is 16.1. The van der Waals surface area contributed by atoms with Crippen molar-refractivity contribution in [2.75, 3.05) is 0 Å². The van der Waals surface area contributed by atoms with Gasteiger partial charge in [-0.3, -0.25) is 0 Å². The van der Waals surface area contributed by atoms with Crippen molar-refractivity contribution in [3.63, 3.8) is 0 Å². The van der Waals surface area contributed by atoms with Crippen LogP contribution in [0.4, 0.5) is 0 Å². The number of hydrogen-bond acceptors (Lipinski definition) is 0. The third-order valence-electron chi connectivity index (χ3n) is 2.35. The van der Waals surface area contributed by atoms with Crippen LogP contribution in [0.15, 0.2) is 0 Å². The van der Waals surface area contributed by atoms with Crippen LogP contribution in [0.25, 0.3) is 0 Å². The van der Waals surface area contributed by atoms with E-state index in [9.17, 15) is 0 Å². The first-order chi connectivity index (χ1) is 5.91. The smallest absolute Gasteiger partial charge is 0 e. The van der Waals surface area contributed by atoms with Crippen LogP contribution >= 0.6 is 0 Å². The van der Waals surface area contributed by atoms with Crippen LogP contribution in [0.3, 0.4) is 0 Å². The van der Waals surface area contributed by atoms with E-state index in [1.165, 1.54) is 57.8 Å². The van der Waals surface area contributed by atoms with Crippen molar-refractivity contribution >= 4 is 0 Å². The van der Waals surface area contributed by atoms with Crippen molar-refractivity contribution < 1.29 is 21.1 Å². The molecule has 83 valence electrons. The Hall–Kier alpha value is 0.688. The zero-order valence-corrected chi connectivity index (χ0v) is 11.4. The fourth-order valence-electron chi connectivity index (χ4n) is 1.49. The second kappa shape index (κ2) is 15.2. The van der Waals surface area contributed by atoms with E-state index in [1.807, 2.05) is 0 Å². The maximum Gasteiger partial charge on any atom is 0 e. The van der Waals surface area contributed by atoms with Crippen molar-refractivity contribution in [2.45, 2.75) is 71.1 Å². The first-order valence-corrected chi connectivity index (χ1v) is 5.71. The molecule has 0 aliphatic rings. The molecule has 0 rings (SSSR count). The minimum Gasteiger partial charge on any atom is -0.0654 e. The average molecular weight is 364 g/mol. The van der Waals surface area contributed by atoms with E-state index < -0.39 is 0 Å². The van der Waals surface area contributed by atoms with Gasteiger partial charge in [0.1, 0.15) is 0 Å². The van der Waals surface area contributed by atoms with Gasteiger partial charge in [-0.15, -0.1) is 0 Å². The van der Waals surface area contributed by atoms with Crippen LogP contribution < -0.4 is 0 Å². The molecule has 0 fully saturated rings. The van der Waals surface area contributed by atoms with Crippen LogP contribution in [0.2, 0.25) is 0 Å². The monoisotopic (exact) mass is 364 g/mol. The molecule has 0 heterocycles. The van der Waals surface area contributed by atoms with Gasteiger partial charge in [-0.1, -0.05) is 78.1 Å². The van der Waals surface area contributed by atoms with Crippen LogP contribution in [-0.4, -0.2) is 0 Å². The summed E-state index contributed by atoms with van der Waals surface area (Å²) >= 11 is 0. The topological polar surface area (TPSA) is 0 Å². The van der Waals surface area contributed by atoms with Crippen molar-refractivity contribution in [2.24, 2.45) is 0 Å². The summed E-state index contributed by atoms with van der Waals surface area (Å²) < 4.78 is 0. The summed E-state index contributed by atoms with van der Waals surface area (Å²) in [4.78, 5) is 0. The minimum atomic E-state index is 0. The standard InChI is InChI=1S/C12H25.Pt/c1-3-5-7-9-11-12-10-8-6-4-2;/h1,3-12H2,2H3;. The third-order valence-corrected chi connectivity index (χ3v) is 2.35. The average Bonchev–Trinajstić information content (AvgIpc) is 2.10. The summed E-state index contributed by atoms with van der Waals surface area (Å²) in [7, 11) is 0. The normalized spacial score (nSPS) is 9.69. The molecule has 0 bridgehead atoms. The molecule has 0 unspecified atom stereocenters. The Morgan fingerprint density at radius 1 is 0.692 bits per heavy atom. The van der Waals surface area contributed by atoms with Gasteiger partial charge < -0.3 is 0 Å². The third kappa shape index (κ3) is 15.4. The van der Waals surface area contributed by atoms with E-state index >= 15 is 0 Å². The molecule has 0 amide bonds. The van der Waals surface area contributed by atoms with Gasteiger partial charge in [0.05, 0.1) is 0 Å². The molecule has 0 aromatic heterocycles. The molecular formula is C12H25Pt. The van der Waals surface area contributed by atoms with Gasteiger partial charge in [-0.2, -0.15) is 0 Å². The van der Waals surface area contributed by atoms with Gasteiger partial charge >= 0.3 is 0 Å². The Morgan fingerprint density at radius 2 is 1.08 bits per heavy atom. The Kier molecular flexibility index (Phi) is 18.8. The largest absolute Gasteiger partial charge is 0.0654 e. The fraction of sp³-hybridized carbons (Fsp3) is 0.917. The SMILES string of the molecule is [CH2]CCCCCCCCCCC.[Pt].